The van der Waals surface area contributed by atoms with Gasteiger partial charge in [-0.15, -0.1) is 0 Å². The largest absolute Gasteiger partial charge is 0.488 e. The molecule has 3 aromatic rings. The summed E-state index contributed by atoms with van der Waals surface area (Å²) >= 11 is 0. The van der Waals surface area contributed by atoms with Crippen LogP contribution in [0.1, 0.15) is 41.5 Å². The zero-order valence-electron chi connectivity index (χ0n) is 14.8. The molecule has 0 radical (unpaired) electrons. The second-order valence-corrected chi connectivity index (χ2v) is 7.97. The Kier molecular flexibility index (Phi) is 3.55. The van der Waals surface area contributed by atoms with Gasteiger partial charge in [-0.3, -0.25) is 0 Å². The fourth-order valence-corrected chi connectivity index (χ4v) is 2.69. The van der Waals surface area contributed by atoms with Crippen molar-refractivity contribution >= 4 is 21.8 Å². The number of nitrogens with one attached hydrogen (secondary N) is 1. The SMILES string of the molecule is CC(C)(C)Oc1ccc2[nH]c3ccc(OC(C)(C)C)cc3c2c1. The maximum absolute atomic E-state index is 5.99. The van der Waals surface area contributed by atoms with Crippen molar-refractivity contribution in [1.29, 1.82) is 0 Å². The zero-order valence-corrected chi connectivity index (χ0v) is 14.8. The van der Waals surface area contributed by atoms with Crippen LogP contribution in [0, 0.1) is 0 Å². The van der Waals surface area contributed by atoms with E-state index in [2.05, 4.69) is 70.8 Å². The van der Waals surface area contributed by atoms with Crippen molar-refractivity contribution in [3.05, 3.63) is 36.4 Å². The summed E-state index contributed by atoms with van der Waals surface area (Å²) in [5, 5.41) is 2.31. The molecule has 2 aromatic carbocycles. The van der Waals surface area contributed by atoms with E-state index in [1.165, 1.54) is 0 Å². The predicted molar refractivity (Wildman–Crippen MR) is 96.6 cm³/mol. The van der Waals surface area contributed by atoms with Crippen molar-refractivity contribution in [3.63, 3.8) is 0 Å². The lowest BCUT2D eigenvalue weighted by atomic mass is 10.1. The molecule has 0 atom stereocenters. The zero-order chi connectivity index (χ0) is 16.8. The topological polar surface area (TPSA) is 34.2 Å². The number of hydrogen-bond donors (Lipinski definition) is 1. The Balaban J connectivity index is 2.09. The lowest BCUT2D eigenvalue weighted by molar-refractivity contribution is 0.130. The maximum atomic E-state index is 5.99. The van der Waals surface area contributed by atoms with Gasteiger partial charge in [0.05, 0.1) is 0 Å². The van der Waals surface area contributed by atoms with Crippen LogP contribution in [0.5, 0.6) is 11.5 Å². The van der Waals surface area contributed by atoms with Gasteiger partial charge in [-0.1, -0.05) is 0 Å². The summed E-state index contributed by atoms with van der Waals surface area (Å²) in [5.41, 5.74) is 1.80. The highest BCUT2D eigenvalue weighted by atomic mass is 16.5. The van der Waals surface area contributed by atoms with E-state index < -0.39 is 0 Å². The van der Waals surface area contributed by atoms with Gasteiger partial charge in [0.1, 0.15) is 22.7 Å². The second kappa shape index (κ2) is 5.19. The Labute approximate surface area is 137 Å². The number of aromatic nitrogens is 1. The molecule has 0 aliphatic carbocycles. The van der Waals surface area contributed by atoms with Crippen LogP contribution >= 0.6 is 0 Å². The van der Waals surface area contributed by atoms with Crippen LogP contribution in [0.2, 0.25) is 0 Å². The fourth-order valence-electron chi connectivity index (χ4n) is 2.69. The number of benzene rings is 2. The molecule has 23 heavy (non-hydrogen) atoms. The molecule has 0 saturated heterocycles. The third-order valence-corrected chi connectivity index (χ3v) is 3.39. The van der Waals surface area contributed by atoms with E-state index in [-0.39, 0.29) is 11.2 Å². The lowest BCUT2D eigenvalue weighted by Gasteiger charge is -2.21. The quantitative estimate of drug-likeness (QED) is 0.661. The summed E-state index contributed by atoms with van der Waals surface area (Å²) in [6.45, 7) is 12.3. The molecule has 0 aliphatic heterocycles. The molecule has 3 nitrogen and oxygen atoms in total. The van der Waals surface area contributed by atoms with Crippen LogP contribution in [0.25, 0.3) is 21.8 Å². The summed E-state index contributed by atoms with van der Waals surface area (Å²) in [4.78, 5) is 3.45. The molecule has 1 N–H and O–H groups in total. The van der Waals surface area contributed by atoms with Crippen LogP contribution in [-0.4, -0.2) is 16.2 Å². The standard InChI is InChI=1S/C20H25NO2/c1-19(2,3)22-13-7-9-17-15(11-13)16-12-14(23-20(4,5)6)8-10-18(16)21-17/h7-12,21H,1-6H3. The molecule has 122 valence electrons. The third kappa shape index (κ3) is 3.61. The molecule has 3 rings (SSSR count). The molecule has 3 heteroatoms. The Morgan fingerprint density at radius 3 is 1.39 bits per heavy atom. The van der Waals surface area contributed by atoms with Gasteiger partial charge >= 0.3 is 0 Å². The summed E-state index contributed by atoms with van der Waals surface area (Å²) in [5.74, 6) is 1.76. The molecule has 0 bridgehead atoms. The minimum atomic E-state index is -0.208. The first-order valence-corrected chi connectivity index (χ1v) is 8.04. The first kappa shape index (κ1) is 15.7. The van der Waals surface area contributed by atoms with E-state index in [0.29, 0.717) is 0 Å². The van der Waals surface area contributed by atoms with Crippen LogP contribution in [-0.2, 0) is 0 Å². The van der Waals surface area contributed by atoms with Gasteiger partial charge in [0, 0.05) is 21.8 Å². The predicted octanol–water partition coefficient (Wildman–Crippen LogP) is 5.68. The van der Waals surface area contributed by atoms with E-state index in [4.69, 9.17) is 9.47 Å². The molecule has 0 fully saturated rings. The van der Waals surface area contributed by atoms with Gasteiger partial charge in [0.25, 0.3) is 0 Å². The van der Waals surface area contributed by atoms with Crippen LogP contribution < -0.4 is 9.47 Å². The highest BCUT2D eigenvalue weighted by Gasteiger charge is 2.15. The van der Waals surface area contributed by atoms with Crippen molar-refractivity contribution in [2.24, 2.45) is 0 Å². The van der Waals surface area contributed by atoms with Crippen LogP contribution in [0.4, 0.5) is 0 Å². The van der Waals surface area contributed by atoms with Gasteiger partial charge in [-0.25, -0.2) is 0 Å². The Morgan fingerprint density at radius 2 is 1.04 bits per heavy atom. The van der Waals surface area contributed by atoms with Crippen molar-refractivity contribution in [1.82, 2.24) is 4.98 Å². The molecular weight excluding hydrogens is 286 g/mol. The lowest BCUT2D eigenvalue weighted by Crippen LogP contribution is -2.22. The van der Waals surface area contributed by atoms with Crippen LogP contribution in [0.15, 0.2) is 36.4 Å². The van der Waals surface area contributed by atoms with Gasteiger partial charge < -0.3 is 14.5 Å². The van der Waals surface area contributed by atoms with Crippen molar-refractivity contribution in [2.75, 3.05) is 0 Å². The molecule has 0 amide bonds. The van der Waals surface area contributed by atoms with Gasteiger partial charge in [0.2, 0.25) is 0 Å². The number of H-pyrrole nitrogens is 1. The number of aromatic amines is 1. The molecule has 1 heterocycles. The van der Waals surface area contributed by atoms with E-state index in [0.717, 1.165) is 33.3 Å². The van der Waals surface area contributed by atoms with E-state index in [1.807, 2.05) is 12.1 Å². The second-order valence-electron chi connectivity index (χ2n) is 7.97. The van der Waals surface area contributed by atoms with Crippen molar-refractivity contribution < 1.29 is 9.47 Å². The summed E-state index contributed by atoms with van der Waals surface area (Å²) in [7, 11) is 0. The monoisotopic (exact) mass is 311 g/mol. The number of hydrogen-bond acceptors (Lipinski definition) is 2. The summed E-state index contributed by atoms with van der Waals surface area (Å²) in [6.07, 6.45) is 0. The Hall–Kier alpha value is -2.16. The first-order valence-electron chi connectivity index (χ1n) is 8.04. The summed E-state index contributed by atoms with van der Waals surface area (Å²) in [6, 6.07) is 12.4. The fraction of sp³-hybridized carbons (Fsp3) is 0.400. The molecule has 0 aliphatic rings. The highest BCUT2D eigenvalue weighted by molar-refractivity contribution is 6.08. The Bertz CT molecular complexity index is 777. The van der Waals surface area contributed by atoms with Crippen molar-refractivity contribution in [3.8, 4) is 11.5 Å². The summed E-state index contributed by atoms with van der Waals surface area (Å²) < 4.78 is 12.0. The van der Waals surface area contributed by atoms with Gasteiger partial charge in [-0.2, -0.15) is 0 Å². The van der Waals surface area contributed by atoms with Crippen molar-refractivity contribution in [2.45, 2.75) is 52.7 Å². The van der Waals surface area contributed by atoms with Gasteiger partial charge in [-0.05, 0) is 77.9 Å². The smallest absolute Gasteiger partial charge is 0.120 e. The normalized spacial score (nSPS) is 12.8. The Morgan fingerprint density at radius 1 is 0.652 bits per heavy atom. The van der Waals surface area contributed by atoms with Gasteiger partial charge in [0.15, 0.2) is 0 Å². The molecule has 0 saturated carbocycles. The minimum Gasteiger partial charge on any atom is -0.488 e. The number of rotatable bonds is 2. The molecule has 0 spiro atoms. The molecule has 1 aromatic heterocycles. The maximum Gasteiger partial charge on any atom is 0.120 e. The van der Waals surface area contributed by atoms with Crippen LogP contribution in [0.3, 0.4) is 0 Å². The number of ether oxygens (including phenoxy) is 2. The average Bonchev–Trinajstić information content (AvgIpc) is 2.73. The molecular formula is C20H25NO2. The van der Waals surface area contributed by atoms with E-state index >= 15 is 0 Å². The molecule has 0 unspecified atom stereocenters. The third-order valence-electron chi connectivity index (χ3n) is 3.39. The number of fused-ring (bicyclic) bond motifs is 3. The average molecular weight is 311 g/mol. The first-order chi connectivity index (χ1) is 10.6. The van der Waals surface area contributed by atoms with E-state index in [1.54, 1.807) is 0 Å². The highest BCUT2D eigenvalue weighted by Crippen LogP contribution is 2.33. The minimum absolute atomic E-state index is 0.208. The van der Waals surface area contributed by atoms with E-state index in [9.17, 15) is 0 Å².